The first-order valence-electron chi connectivity index (χ1n) is 7.50. The third kappa shape index (κ3) is 3.14. The SMILES string of the molecule is CCCNC(c1ccc(Br)cc1)C1COc2ccccc21. The van der Waals surface area contributed by atoms with E-state index in [2.05, 4.69) is 70.6 Å². The summed E-state index contributed by atoms with van der Waals surface area (Å²) in [6.07, 6.45) is 1.13. The summed E-state index contributed by atoms with van der Waals surface area (Å²) in [5.74, 6) is 1.40. The van der Waals surface area contributed by atoms with E-state index in [0.717, 1.165) is 29.8 Å². The van der Waals surface area contributed by atoms with Crippen molar-refractivity contribution in [1.82, 2.24) is 5.32 Å². The zero-order valence-corrected chi connectivity index (χ0v) is 13.8. The molecule has 0 aliphatic carbocycles. The van der Waals surface area contributed by atoms with E-state index in [1.165, 1.54) is 11.1 Å². The van der Waals surface area contributed by atoms with Crippen LogP contribution >= 0.6 is 15.9 Å². The number of ether oxygens (including phenoxy) is 1. The number of halogens is 1. The van der Waals surface area contributed by atoms with Gasteiger partial charge in [-0.15, -0.1) is 0 Å². The molecule has 2 unspecified atom stereocenters. The first-order valence-corrected chi connectivity index (χ1v) is 8.29. The van der Waals surface area contributed by atoms with Gasteiger partial charge in [-0.05, 0) is 36.7 Å². The highest BCUT2D eigenvalue weighted by Gasteiger charge is 2.31. The molecular formula is C18H20BrNO. The molecule has 1 heterocycles. The molecule has 0 bridgehead atoms. The molecule has 0 amide bonds. The Hall–Kier alpha value is -1.32. The van der Waals surface area contributed by atoms with Crippen molar-refractivity contribution in [3.8, 4) is 5.75 Å². The first kappa shape index (κ1) is 14.6. The Bertz CT molecular complexity index is 596. The van der Waals surface area contributed by atoms with Crippen LogP contribution in [0.4, 0.5) is 0 Å². The molecule has 0 saturated heterocycles. The molecule has 1 aliphatic rings. The molecule has 2 aromatic rings. The quantitative estimate of drug-likeness (QED) is 0.850. The fraction of sp³-hybridized carbons (Fsp3) is 0.333. The molecule has 3 rings (SSSR count). The van der Waals surface area contributed by atoms with Crippen molar-refractivity contribution in [2.45, 2.75) is 25.3 Å². The maximum absolute atomic E-state index is 5.87. The molecule has 0 radical (unpaired) electrons. The summed E-state index contributed by atoms with van der Waals surface area (Å²) in [5.41, 5.74) is 2.63. The number of para-hydroxylation sites is 1. The normalized spacial score (nSPS) is 18.1. The van der Waals surface area contributed by atoms with Gasteiger partial charge in [0, 0.05) is 22.0 Å². The number of nitrogens with one attached hydrogen (secondary N) is 1. The molecule has 1 N–H and O–H groups in total. The molecular weight excluding hydrogens is 326 g/mol. The minimum absolute atomic E-state index is 0.293. The largest absolute Gasteiger partial charge is 0.493 e. The molecule has 110 valence electrons. The Kier molecular flexibility index (Phi) is 4.61. The van der Waals surface area contributed by atoms with Crippen molar-refractivity contribution >= 4 is 15.9 Å². The van der Waals surface area contributed by atoms with Gasteiger partial charge in [-0.25, -0.2) is 0 Å². The number of hydrogen-bond donors (Lipinski definition) is 1. The zero-order valence-electron chi connectivity index (χ0n) is 12.2. The molecule has 3 heteroatoms. The highest BCUT2D eigenvalue weighted by atomic mass is 79.9. The van der Waals surface area contributed by atoms with Crippen molar-refractivity contribution in [3.05, 3.63) is 64.1 Å². The molecule has 0 fully saturated rings. The summed E-state index contributed by atoms with van der Waals surface area (Å²) in [6.45, 7) is 3.96. The molecule has 2 nitrogen and oxygen atoms in total. The van der Waals surface area contributed by atoms with Crippen LogP contribution in [0.1, 0.15) is 36.4 Å². The maximum Gasteiger partial charge on any atom is 0.122 e. The van der Waals surface area contributed by atoms with Gasteiger partial charge in [-0.1, -0.05) is 53.2 Å². The maximum atomic E-state index is 5.87. The van der Waals surface area contributed by atoms with Crippen LogP contribution in [0, 0.1) is 0 Å². The van der Waals surface area contributed by atoms with E-state index in [1.807, 2.05) is 6.07 Å². The number of rotatable bonds is 5. The van der Waals surface area contributed by atoms with E-state index in [0.29, 0.717) is 12.0 Å². The molecule has 21 heavy (non-hydrogen) atoms. The third-order valence-corrected chi connectivity index (χ3v) is 4.51. The standard InChI is InChI=1S/C18H20BrNO/c1-2-11-20-18(13-7-9-14(19)10-8-13)16-12-21-17-6-4-3-5-15(16)17/h3-10,16,18,20H,2,11-12H2,1H3. The van der Waals surface area contributed by atoms with Gasteiger partial charge in [0.15, 0.2) is 0 Å². The van der Waals surface area contributed by atoms with Crippen molar-refractivity contribution < 1.29 is 4.74 Å². The van der Waals surface area contributed by atoms with Crippen molar-refractivity contribution in [1.29, 1.82) is 0 Å². The minimum atomic E-state index is 0.293. The summed E-state index contributed by atoms with van der Waals surface area (Å²) >= 11 is 3.51. The third-order valence-electron chi connectivity index (χ3n) is 3.98. The highest BCUT2D eigenvalue weighted by Crippen LogP contribution is 2.41. The summed E-state index contributed by atoms with van der Waals surface area (Å²) in [7, 11) is 0. The lowest BCUT2D eigenvalue weighted by atomic mass is 9.88. The molecule has 0 aromatic heterocycles. The fourth-order valence-electron chi connectivity index (χ4n) is 2.93. The van der Waals surface area contributed by atoms with E-state index >= 15 is 0 Å². The van der Waals surface area contributed by atoms with Crippen LogP contribution < -0.4 is 10.1 Å². The summed E-state index contributed by atoms with van der Waals surface area (Å²) < 4.78 is 6.98. The van der Waals surface area contributed by atoms with Gasteiger partial charge in [0.2, 0.25) is 0 Å². The van der Waals surface area contributed by atoms with Gasteiger partial charge in [0.25, 0.3) is 0 Å². The van der Waals surface area contributed by atoms with Gasteiger partial charge in [-0.2, -0.15) is 0 Å². The topological polar surface area (TPSA) is 21.3 Å². The van der Waals surface area contributed by atoms with Crippen LogP contribution in [-0.2, 0) is 0 Å². The zero-order chi connectivity index (χ0) is 14.7. The summed E-state index contributed by atoms with van der Waals surface area (Å²) in [6, 6.07) is 17.3. The van der Waals surface area contributed by atoms with Gasteiger partial charge >= 0.3 is 0 Å². The number of fused-ring (bicyclic) bond motifs is 1. The summed E-state index contributed by atoms with van der Waals surface area (Å²) in [4.78, 5) is 0. The van der Waals surface area contributed by atoms with Gasteiger partial charge in [0.05, 0.1) is 6.61 Å². The minimum Gasteiger partial charge on any atom is -0.493 e. The predicted octanol–water partition coefficient (Wildman–Crippen LogP) is 4.67. The van der Waals surface area contributed by atoms with E-state index in [1.54, 1.807) is 0 Å². The Balaban J connectivity index is 1.91. The van der Waals surface area contributed by atoms with Crippen LogP contribution in [0.15, 0.2) is 53.0 Å². The Morgan fingerprint density at radius 3 is 2.71 bits per heavy atom. The lowest BCUT2D eigenvalue weighted by Gasteiger charge is -2.25. The average molecular weight is 346 g/mol. The molecule has 2 aromatic carbocycles. The van der Waals surface area contributed by atoms with Crippen LogP contribution in [0.2, 0.25) is 0 Å². The monoisotopic (exact) mass is 345 g/mol. The number of hydrogen-bond acceptors (Lipinski definition) is 2. The molecule has 0 saturated carbocycles. The van der Waals surface area contributed by atoms with Crippen molar-refractivity contribution in [2.75, 3.05) is 13.2 Å². The summed E-state index contributed by atoms with van der Waals surface area (Å²) in [5, 5.41) is 3.69. The Morgan fingerprint density at radius 1 is 1.19 bits per heavy atom. The first-order chi connectivity index (χ1) is 10.3. The van der Waals surface area contributed by atoms with Crippen LogP contribution in [-0.4, -0.2) is 13.2 Å². The average Bonchev–Trinajstić information content (AvgIpc) is 2.93. The van der Waals surface area contributed by atoms with Crippen LogP contribution in [0.3, 0.4) is 0 Å². The van der Waals surface area contributed by atoms with Crippen LogP contribution in [0.25, 0.3) is 0 Å². The lowest BCUT2D eigenvalue weighted by Crippen LogP contribution is -2.28. The van der Waals surface area contributed by atoms with Crippen LogP contribution in [0.5, 0.6) is 5.75 Å². The van der Waals surface area contributed by atoms with Gasteiger partial charge < -0.3 is 10.1 Å². The van der Waals surface area contributed by atoms with E-state index in [-0.39, 0.29) is 0 Å². The van der Waals surface area contributed by atoms with E-state index in [9.17, 15) is 0 Å². The second-order valence-electron chi connectivity index (χ2n) is 5.44. The predicted molar refractivity (Wildman–Crippen MR) is 89.9 cm³/mol. The van der Waals surface area contributed by atoms with Crippen molar-refractivity contribution in [3.63, 3.8) is 0 Å². The van der Waals surface area contributed by atoms with Gasteiger partial charge in [-0.3, -0.25) is 0 Å². The molecule has 1 aliphatic heterocycles. The van der Waals surface area contributed by atoms with E-state index in [4.69, 9.17) is 4.74 Å². The molecule has 0 spiro atoms. The van der Waals surface area contributed by atoms with Gasteiger partial charge in [0.1, 0.15) is 5.75 Å². The number of benzene rings is 2. The Morgan fingerprint density at radius 2 is 1.95 bits per heavy atom. The lowest BCUT2D eigenvalue weighted by molar-refractivity contribution is 0.299. The van der Waals surface area contributed by atoms with Crippen molar-refractivity contribution in [2.24, 2.45) is 0 Å². The fourth-order valence-corrected chi connectivity index (χ4v) is 3.19. The Labute approximate surface area is 134 Å². The second kappa shape index (κ2) is 6.63. The highest BCUT2D eigenvalue weighted by molar-refractivity contribution is 9.10. The van der Waals surface area contributed by atoms with E-state index < -0.39 is 0 Å². The second-order valence-corrected chi connectivity index (χ2v) is 6.35. The molecule has 2 atom stereocenters. The smallest absolute Gasteiger partial charge is 0.122 e.